The van der Waals surface area contributed by atoms with Crippen LogP contribution in [0.3, 0.4) is 0 Å². The van der Waals surface area contributed by atoms with Crippen LogP contribution in [0, 0.1) is 23.2 Å². The molecule has 2 atom stereocenters. The second-order valence-electron chi connectivity index (χ2n) is 3.52. The summed E-state index contributed by atoms with van der Waals surface area (Å²) in [6.07, 6.45) is 0.374. The molecule has 1 aliphatic heterocycles. The quantitative estimate of drug-likeness (QED) is 0.644. The van der Waals surface area contributed by atoms with E-state index >= 15 is 0 Å². The summed E-state index contributed by atoms with van der Waals surface area (Å²) in [5.74, 6) is -1.97. The standard InChI is InChI=1S/C9H13NO4S/c1-2-14-9(11)8(5-10)7-3-4-15(12,13)6-7/h7-8H,2-4,6H2,1H3/t7-,8+/m1/s1. The summed E-state index contributed by atoms with van der Waals surface area (Å²) < 4.78 is 27.1. The number of nitrogens with zero attached hydrogens (tertiary/aromatic N) is 1. The molecule has 0 aromatic carbocycles. The van der Waals surface area contributed by atoms with Crippen molar-refractivity contribution in [2.75, 3.05) is 18.1 Å². The van der Waals surface area contributed by atoms with Gasteiger partial charge in [0.25, 0.3) is 0 Å². The van der Waals surface area contributed by atoms with Gasteiger partial charge in [0, 0.05) is 5.92 Å². The van der Waals surface area contributed by atoms with Gasteiger partial charge in [0.2, 0.25) is 0 Å². The maximum Gasteiger partial charge on any atom is 0.323 e. The minimum absolute atomic E-state index is 0.0647. The van der Waals surface area contributed by atoms with Crippen LogP contribution in [0.1, 0.15) is 13.3 Å². The van der Waals surface area contributed by atoms with Crippen LogP contribution in [0.2, 0.25) is 0 Å². The minimum atomic E-state index is -3.06. The van der Waals surface area contributed by atoms with Crippen molar-refractivity contribution in [3.8, 4) is 6.07 Å². The summed E-state index contributed by atoms with van der Waals surface area (Å²) in [6.45, 7) is 1.86. The third-order valence-corrected chi connectivity index (χ3v) is 4.21. The highest BCUT2D eigenvalue weighted by Crippen LogP contribution is 2.26. The topological polar surface area (TPSA) is 84.2 Å². The molecule has 1 fully saturated rings. The maximum absolute atomic E-state index is 11.3. The van der Waals surface area contributed by atoms with E-state index in [4.69, 9.17) is 10.00 Å². The van der Waals surface area contributed by atoms with Gasteiger partial charge in [-0.15, -0.1) is 0 Å². The molecule has 1 rings (SSSR count). The molecule has 84 valence electrons. The first-order chi connectivity index (χ1) is 7.00. The number of ether oxygens (including phenoxy) is 1. The van der Waals surface area contributed by atoms with Gasteiger partial charge in [-0.1, -0.05) is 0 Å². The first-order valence-corrected chi connectivity index (χ1v) is 6.59. The second-order valence-corrected chi connectivity index (χ2v) is 5.75. The Morgan fingerprint density at radius 2 is 2.33 bits per heavy atom. The van der Waals surface area contributed by atoms with E-state index in [9.17, 15) is 13.2 Å². The van der Waals surface area contributed by atoms with Crippen molar-refractivity contribution in [2.24, 2.45) is 11.8 Å². The Hall–Kier alpha value is -1.09. The predicted molar refractivity (Wildman–Crippen MR) is 52.5 cm³/mol. The van der Waals surface area contributed by atoms with Crippen molar-refractivity contribution >= 4 is 15.8 Å². The van der Waals surface area contributed by atoms with E-state index in [1.807, 2.05) is 6.07 Å². The van der Waals surface area contributed by atoms with Gasteiger partial charge in [-0.05, 0) is 13.3 Å². The van der Waals surface area contributed by atoms with Crippen LogP contribution < -0.4 is 0 Å². The highest BCUT2D eigenvalue weighted by Gasteiger charge is 2.38. The summed E-state index contributed by atoms with van der Waals surface area (Å²) in [6, 6.07) is 1.83. The summed E-state index contributed by atoms with van der Waals surface area (Å²) >= 11 is 0. The lowest BCUT2D eigenvalue weighted by molar-refractivity contribution is -0.147. The minimum Gasteiger partial charge on any atom is -0.465 e. The molecular weight excluding hydrogens is 218 g/mol. The SMILES string of the molecule is CCOC(=O)[C@@H](C#N)[C@@H]1CCS(=O)(=O)C1. The Morgan fingerprint density at radius 1 is 1.67 bits per heavy atom. The first kappa shape index (κ1) is 12.0. The van der Waals surface area contributed by atoms with E-state index in [-0.39, 0.29) is 18.1 Å². The molecule has 15 heavy (non-hydrogen) atoms. The number of nitriles is 1. The summed E-state index contributed by atoms with van der Waals surface area (Å²) in [4.78, 5) is 11.3. The zero-order valence-corrected chi connectivity index (χ0v) is 9.29. The molecule has 1 aliphatic rings. The van der Waals surface area contributed by atoms with E-state index in [1.54, 1.807) is 6.92 Å². The van der Waals surface area contributed by atoms with Gasteiger partial charge in [0.15, 0.2) is 9.84 Å². The van der Waals surface area contributed by atoms with Crippen LogP contribution in [0.4, 0.5) is 0 Å². The predicted octanol–water partition coefficient (Wildman–Crippen LogP) is 0.124. The van der Waals surface area contributed by atoms with Gasteiger partial charge < -0.3 is 4.74 Å². The average Bonchev–Trinajstić information content (AvgIpc) is 2.48. The molecular formula is C9H13NO4S. The van der Waals surface area contributed by atoms with Crippen molar-refractivity contribution in [2.45, 2.75) is 13.3 Å². The van der Waals surface area contributed by atoms with Gasteiger partial charge in [0.1, 0.15) is 5.92 Å². The van der Waals surface area contributed by atoms with Crippen LogP contribution >= 0.6 is 0 Å². The van der Waals surface area contributed by atoms with Crippen LogP contribution in [-0.4, -0.2) is 32.5 Å². The van der Waals surface area contributed by atoms with Crippen LogP contribution in [0.15, 0.2) is 0 Å². The Balaban J connectivity index is 2.70. The van der Waals surface area contributed by atoms with Crippen molar-refractivity contribution in [3.05, 3.63) is 0 Å². The van der Waals surface area contributed by atoms with E-state index in [2.05, 4.69) is 0 Å². The monoisotopic (exact) mass is 231 g/mol. The van der Waals surface area contributed by atoms with E-state index in [0.29, 0.717) is 6.42 Å². The van der Waals surface area contributed by atoms with Crippen molar-refractivity contribution in [3.63, 3.8) is 0 Å². The van der Waals surface area contributed by atoms with Crippen LogP contribution in [-0.2, 0) is 19.4 Å². The number of sulfone groups is 1. The maximum atomic E-state index is 11.3. The Labute approximate surface area is 88.9 Å². The van der Waals surface area contributed by atoms with Crippen molar-refractivity contribution in [1.29, 1.82) is 5.26 Å². The highest BCUT2D eigenvalue weighted by molar-refractivity contribution is 7.91. The zero-order valence-electron chi connectivity index (χ0n) is 8.47. The molecule has 0 spiro atoms. The molecule has 1 heterocycles. The number of esters is 1. The largest absolute Gasteiger partial charge is 0.465 e. The fraction of sp³-hybridized carbons (Fsp3) is 0.778. The van der Waals surface area contributed by atoms with Crippen molar-refractivity contribution in [1.82, 2.24) is 0 Å². The molecule has 0 radical (unpaired) electrons. The third-order valence-electron chi connectivity index (χ3n) is 2.42. The Bertz CT molecular complexity index is 381. The van der Waals surface area contributed by atoms with Crippen LogP contribution in [0.25, 0.3) is 0 Å². The van der Waals surface area contributed by atoms with Gasteiger partial charge in [-0.3, -0.25) is 4.79 Å². The molecule has 0 aromatic rings. The normalized spacial score (nSPS) is 25.5. The smallest absolute Gasteiger partial charge is 0.323 e. The Morgan fingerprint density at radius 3 is 2.73 bits per heavy atom. The molecule has 0 saturated carbocycles. The first-order valence-electron chi connectivity index (χ1n) is 4.77. The van der Waals surface area contributed by atoms with E-state index < -0.39 is 27.6 Å². The second kappa shape index (κ2) is 4.62. The zero-order chi connectivity index (χ0) is 11.5. The molecule has 0 bridgehead atoms. The molecule has 1 saturated heterocycles. The number of rotatable bonds is 3. The number of carbonyl (C=O) groups is 1. The highest BCUT2D eigenvalue weighted by atomic mass is 32.2. The third kappa shape index (κ3) is 2.93. The van der Waals surface area contributed by atoms with Gasteiger partial charge in [-0.2, -0.15) is 5.26 Å². The van der Waals surface area contributed by atoms with Gasteiger partial charge in [0.05, 0.1) is 24.2 Å². The number of hydrogen-bond donors (Lipinski definition) is 0. The molecule has 0 aliphatic carbocycles. The lowest BCUT2D eigenvalue weighted by Gasteiger charge is -2.13. The molecule has 0 unspecified atom stereocenters. The Kier molecular flexibility index (Phi) is 3.69. The van der Waals surface area contributed by atoms with E-state index in [0.717, 1.165) is 0 Å². The lowest BCUT2D eigenvalue weighted by atomic mass is 9.93. The molecule has 6 heteroatoms. The summed E-state index contributed by atoms with van der Waals surface area (Å²) in [5.41, 5.74) is 0. The summed E-state index contributed by atoms with van der Waals surface area (Å²) in [7, 11) is -3.06. The van der Waals surface area contributed by atoms with Crippen molar-refractivity contribution < 1.29 is 17.9 Å². The molecule has 0 N–H and O–H groups in total. The average molecular weight is 231 g/mol. The summed E-state index contributed by atoms with van der Waals surface area (Å²) in [5, 5.41) is 8.81. The lowest BCUT2D eigenvalue weighted by Crippen LogP contribution is -2.25. The van der Waals surface area contributed by atoms with Gasteiger partial charge >= 0.3 is 5.97 Å². The van der Waals surface area contributed by atoms with Crippen LogP contribution in [0.5, 0.6) is 0 Å². The molecule has 0 amide bonds. The number of hydrogen-bond acceptors (Lipinski definition) is 5. The fourth-order valence-corrected chi connectivity index (χ4v) is 3.51. The fourth-order valence-electron chi connectivity index (χ4n) is 1.67. The molecule has 5 nitrogen and oxygen atoms in total. The van der Waals surface area contributed by atoms with Gasteiger partial charge in [-0.25, -0.2) is 8.42 Å². The molecule has 0 aromatic heterocycles. The number of carbonyl (C=O) groups excluding carboxylic acids is 1. The van der Waals surface area contributed by atoms with E-state index in [1.165, 1.54) is 0 Å².